The Morgan fingerprint density at radius 1 is 1.43 bits per heavy atom. The average Bonchev–Trinajstić information content (AvgIpc) is 3.19. The van der Waals surface area contributed by atoms with Crippen molar-refractivity contribution in [3.63, 3.8) is 0 Å². The van der Waals surface area contributed by atoms with Crippen LogP contribution in [0.25, 0.3) is 10.2 Å². The second-order valence-electron chi connectivity index (χ2n) is 5.26. The van der Waals surface area contributed by atoms with Crippen LogP contribution in [0.3, 0.4) is 0 Å². The van der Waals surface area contributed by atoms with Crippen LogP contribution in [0.5, 0.6) is 0 Å². The van der Waals surface area contributed by atoms with Crippen LogP contribution in [-0.4, -0.2) is 24.5 Å². The molecule has 1 aliphatic rings. The molecule has 1 aromatic carbocycles. The van der Waals surface area contributed by atoms with Crippen molar-refractivity contribution in [3.05, 3.63) is 23.2 Å². The smallest absolute Gasteiger partial charge is 0.224 e. The van der Waals surface area contributed by atoms with Crippen LogP contribution in [0.15, 0.2) is 18.2 Å². The van der Waals surface area contributed by atoms with Gasteiger partial charge in [-0.3, -0.25) is 4.79 Å². The Morgan fingerprint density at radius 2 is 2.24 bits per heavy atom. The summed E-state index contributed by atoms with van der Waals surface area (Å²) in [6.45, 7) is 0.867. The summed E-state index contributed by atoms with van der Waals surface area (Å²) in [4.78, 5) is 16.4. The predicted molar refractivity (Wildman–Crippen MR) is 90.6 cm³/mol. The lowest BCUT2D eigenvalue weighted by atomic mass is 10.2. The molecule has 21 heavy (non-hydrogen) atoms. The van der Waals surface area contributed by atoms with Gasteiger partial charge in [0.2, 0.25) is 5.91 Å². The maximum atomic E-state index is 11.8. The Balaban J connectivity index is 0.00000161. The van der Waals surface area contributed by atoms with Crippen LogP contribution < -0.4 is 10.6 Å². The fourth-order valence-corrected chi connectivity index (χ4v) is 3.35. The van der Waals surface area contributed by atoms with Crippen LogP contribution >= 0.6 is 23.7 Å². The van der Waals surface area contributed by atoms with Crippen molar-refractivity contribution in [2.24, 2.45) is 0 Å². The van der Waals surface area contributed by atoms with Gasteiger partial charge in [-0.2, -0.15) is 0 Å². The number of anilines is 1. The third-order valence-electron chi connectivity index (χ3n) is 3.45. The lowest BCUT2D eigenvalue weighted by Gasteiger charge is -2.04. The Kier molecular flexibility index (Phi) is 5.56. The van der Waals surface area contributed by atoms with Gasteiger partial charge in [0.05, 0.1) is 15.2 Å². The van der Waals surface area contributed by atoms with Crippen molar-refractivity contribution >= 4 is 45.6 Å². The Hall–Kier alpha value is -1.17. The molecule has 0 spiro atoms. The molecule has 1 heterocycles. The molecule has 0 aliphatic heterocycles. The molecule has 6 heteroatoms. The maximum Gasteiger partial charge on any atom is 0.224 e. The van der Waals surface area contributed by atoms with Gasteiger partial charge in [-0.1, -0.05) is 0 Å². The van der Waals surface area contributed by atoms with E-state index in [4.69, 9.17) is 0 Å². The second kappa shape index (κ2) is 7.20. The zero-order valence-corrected chi connectivity index (χ0v) is 13.6. The van der Waals surface area contributed by atoms with E-state index in [1.807, 2.05) is 25.2 Å². The number of hydrogen-bond donors (Lipinski definition) is 2. The van der Waals surface area contributed by atoms with Crippen molar-refractivity contribution < 1.29 is 4.79 Å². The van der Waals surface area contributed by atoms with Gasteiger partial charge >= 0.3 is 0 Å². The summed E-state index contributed by atoms with van der Waals surface area (Å²) in [7, 11) is 1.90. The van der Waals surface area contributed by atoms with Crippen molar-refractivity contribution in [2.45, 2.75) is 31.6 Å². The van der Waals surface area contributed by atoms with Gasteiger partial charge in [-0.25, -0.2) is 4.98 Å². The zero-order chi connectivity index (χ0) is 13.9. The molecule has 1 aliphatic carbocycles. The van der Waals surface area contributed by atoms with Crippen molar-refractivity contribution in [3.8, 4) is 0 Å². The summed E-state index contributed by atoms with van der Waals surface area (Å²) in [5.74, 6) is 0.763. The first-order valence-corrected chi connectivity index (χ1v) is 7.93. The second-order valence-corrected chi connectivity index (χ2v) is 6.33. The first-order chi connectivity index (χ1) is 9.76. The monoisotopic (exact) mass is 325 g/mol. The molecule has 1 fully saturated rings. The molecular formula is C15H20ClN3OS. The van der Waals surface area contributed by atoms with E-state index in [1.54, 1.807) is 11.3 Å². The Morgan fingerprint density at radius 3 is 2.95 bits per heavy atom. The molecule has 0 atom stereocenters. The summed E-state index contributed by atoms with van der Waals surface area (Å²) in [6, 6.07) is 5.98. The number of rotatable bonds is 6. The minimum absolute atomic E-state index is 0. The molecule has 114 valence electrons. The molecule has 0 unspecified atom stereocenters. The molecule has 0 saturated heterocycles. The molecule has 1 aromatic heterocycles. The number of amides is 1. The number of thiazole rings is 1. The van der Waals surface area contributed by atoms with Crippen LogP contribution in [-0.2, 0) is 4.79 Å². The van der Waals surface area contributed by atoms with E-state index in [2.05, 4.69) is 15.6 Å². The summed E-state index contributed by atoms with van der Waals surface area (Å²) < 4.78 is 1.17. The first kappa shape index (κ1) is 16.2. The fraction of sp³-hybridized carbons (Fsp3) is 0.467. The zero-order valence-electron chi connectivity index (χ0n) is 12.0. The molecule has 1 saturated carbocycles. The number of fused-ring (bicyclic) bond motifs is 1. The van der Waals surface area contributed by atoms with Gasteiger partial charge in [-0.05, 0) is 51.1 Å². The third kappa shape index (κ3) is 4.15. The largest absolute Gasteiger partial charge is 0.326 e. The number of hydrogen-bond acceptors (Lipinski definition) is 4. The number of carbonyl (C=O) groups is 1. The average molecular weight is 326 g/mol. The maximum absolute atomic E-state index is 11.8. The predicted octanol–water partition coefficient (Wildman–Crippen LogP) is 3.53. The van der Waals surface area contributed by atoms with Gasteiger partial charge in [0.25, 0.3) is 0 Å². The van der Waals surface area contributed by atoms with E-state index in [1.165, 1.54) is 22.5 Å². The van der Waals surface area contributed by atoms with Crippen LogP contribution in [0.1, 0.15) is 36.6 Å². The molecule has 0 bridgehead atoms. The van der Waals surface area contributed by atoms with E-state index in [9.17, 15) is 4.79 Å². The van der Waals surface area contributed by atoms with Gasteiger partial charge in [0, 0.05) is 18.0 Å². The SMILES string of the molecule is CNCCCC(=O)Nc1ccc2nc(C3CC3)sc2c1.Cl. The number of nitrogens with zero attached hydrogens (tertiary/aromatic N) is 1. The highest BCUT2D eigenvalue weighted by Gasteiger charge is 2.26. The van der Waals surface area contributed by atoms with E-state index < -0.39 is 0 Å². The highest BCUT2D eigenvalue weighted by atomic mass is 35.5. The van der Waals surface area contributed by atoms with Gasteiger partial charge in [0.15, 0.2) is 0 Å². The summed E-state index contributed by atoms with van der Waals surface area (Å²) in [6.07, 6.45) is 3.95. The minimum atomic E-state index is 0. The van der Waals surface area contributed by atoms with Crippen molar-refractivity contribution in [2.75, 3.05) is 18.9 Å². The molecule has 0 radical (unpaired) electrons. The lowest BCUT2D eigenvalue weighted by Crippen LogP contribution is -2.15. The molecule has 2 N–H and O–H groups in total. The standard InChI is InChI=1S/C15H19N3OS.ClH/c1-16-8-2-3-14(19)17-11-6-7-12-13(9-11)20-15(18-12)10-4-5-10;/h6-7,9-10,16H,2-5,8H2,1H3,(H,17,19);1H. The normalized spacial score (nSPS) is 14.0. The summed E-state index contributed by atoms with van der Waals surface area (Å²) in [5, 5.41) is 7.25. The van der Waals surface area contributed by atoms with E-state index in [0.717, 1.165) is 24.2 Å². The number of benzene rings is 1. The lowest BCUT2D eigenvalue weighted by molar-refractivity contribution is -0.116. The summed E-state index contributed by atoms with van der Waals surface area (Å²) >= 11 is 1.76. The minimum Gasteiger partial charge on any atom is -0.326 e. The van der Waals surface area contributed by atoms with E-state index in [0.29, 0.717) is 12.3 Å². The fourth-order valence-electron chi connectivity index (χ4n) is 2.17. The van der Waals surface area contributed by atoms with Crippen LogP contribution in [0, 0.1) is 0 Å². The molecular weight excluding hydrogens is 306 g/mol. The molecule has 4 nitrogen and oxygen atoms in total. The Labute approximate surface area is 134 Å². The van der Waals surface area contributed by atoms with Gasteiger partial charge in [-0.15, -0.1) is 23.7 Å². The van der Waals surface area contributed by atoms with E-state index >= 15 is 0 Å². The van der Waals surface area contributed by atoms with Crippen molar-refractivity contribution in [1.29, 1.82) is 0 Å². The molecule has 3 rings (SSSR count). The first-order valence-electron chi connectivity index (χ1n) is 7.11. The third-order valence-corrected chi connectivity index (χ3v) is 4.63. The highest BCUT2D eigenvalue weighted by Crippen LogP contribution is 2.43. The molecule has 1 amide bonds. The molecule has 2 aromatic rings. The summed E-state index contributed by atoms with van der Waals surface area (Å²) in [5.41, 5.74) is 1.92. The topological polar surface area (TPSA) is 54.0 Å². The van der Waals surface area contributed by atoms with Crippen LogP contribution in [0.4, 0.5) is 5.69 Å². The number of aromatic nitrogens is 1. The van der Waals surface area contributed by atoms with Crippen molar-refractivity contribution in [1.82, 2.24) is 10.3 Å². The number of halogens is 1. The number of carbonyl (C=O) groups excluding carboxylic acids is 1. The number of nitrogens with one attached hydrogen (secondary N) is 2. The van der Waals surface area contributed by atoms with Crippen LogP contribution in [0.2, 0.25) is 0 Å². The van der Waals surface area contributed by atoms with Gasteiger partial charge in [0.1, 0.15) is 0 Å². The van der Waals surface area contributed by atoms with E-state index in [-0.39, 0.29) is 18.3 Å². The van der Waals surface area contributed by atoms with Gasteiger partial charge < -0.3 is 10.6 Å². The Bertz CT molecular complexity index is 624. The quantitative estimate of drug-likeness (QED) is 0.799. The highest BCUT2D eigenvalue weighted by molar-refractivity contribution is 7.18.